The molecule has 0 aromatic carbocycles. The minimum atomic E-state index is -4.35. The summed E-state index contributed by atoms with van der Waals surface area (Å²) in [6, 6.07) is 0. The molecule has 1 heterocycles. The van der Waals surface area contributed by atoms with E-state index in [1.54, 1.807) is 0 Å². The van der Waals surface area contributed by atoms with Gasteiger partial charge < -0.3 is 27.9 Å². The Bertz CT molecular complexity index is 548. The van der Waals surface area contributed by atoms with Crippen LogP contribution in [0.25, 0.3) is 0 Å². The van der Waals surface area contributed by atoms with Crippen LogP contribution in [0.3, 0.4) is 0 Å². The lowest BCUT2D eigenvalue weighted by molar-refractivity contribution is -0.870. The maximum Gasteiger partial charge on any atom is 0.268 e. The second kappa shape index (κ2) is 19.1. The minimum absolute atomic E-state index is 0.0447. The molecule has 0 radical (unpaired) electrons. The predicted molar refractivity (Wildman–Crippen MR) is 141 cm³/mol. The van der Waals surface area contributed by atoms with Crippen molar-refractivity contribution in [1.29, 1.82) is 0 Å². The van der Waals surface area contributed by atoms with E-state index in [0.29, 0.717) is 30.8 Å². The maximum absolute atomic E-state index is 12.1. The van der Waals surface area contributed by atoms with Gasteiger partial charge >= 0.3 is 0 Å². The molecule has 1 rings (SSSR count). The quantitative estimate of drug-likeness (QED) is 0.0850. The Hall–Kier alpha value is -0.0100. The molecule has 0 aromatic heterocycles. The number of nitrogens with zero attached hydrogens (tertiary/aromatic N) is 1. The van der Waals surface area contributed by atoms with E-state index in [1.807, 2.05) is 21.1 Å². The molecule has 8 heteroatoms. The lowest BCUT2D eigenvalue weighted by atomic mass is 10.0. The summed E-state index contributed by atoms with van der Waals surface area (Å²) in [5, 5.41) is 0. The van der Waals surface area contributed by atoms with Gasteiger partial charge in [-0.1, -0.05) is 90.4 Å². The zero-order chi connectivity index (χ0) is 25.9. The molecule has 2 atom stereocenters. The molecule has 1 aliphatic heterocycles. The number of phosphoric acid groups is 1. The third-order valence-corrected chi connectivity index (χ3v) is 7.63. The fourth-order valence-electron chi connectivity index (χ4n) is 4.34. The first kappa shape index (κ1) is 33.0. The van der Waals surface area contributed by atoms with E-state index in [0.717, 1.165) is 19.3 Å². The van der Waals surface area contributed by atoms with E-state index in [2.05, 4.69) is 6.92 Å². The number of quaternary nitrogens is 1. The van der Waals surface area contributed by atoms with Crippen LogP contribution in [0.2, 0.25) is 0 Å². The number of ether oxygens (including phenoxy) is 2. The molecule has 1 saturated heterocycles. The largest absolute Gasteiger partial charge is 0.756 e. The Balaban J connectivity index is 2.03. The van der Waals surface area contributed by atoms with Crippen molar-refractivity contribution < 1.29 is 32.5 Å². The van der Waals surface area contributed by atoms with E-state index in [9.17, 15) is 9.46 Å². The normalized spacial score (nSPS) is 20.4. The minimum Gasteiger partial charge on any atom is -0.756 e. The van der Waals surface area contributed by atoms with Crippen LogP contribution in [0, 0.1) is 0 Å². The number of phosphoric ester groups is 1. The van der Waals surface area contributed by atoms with Crippen molar-refractivity contribution in [3.05, 3.63) is 0 Å². The van der Waals surface area contributed by atoms with Crippen molar-refractivity contribution in [3.63, 3.8) is 0 Å². The summed E-state index contributed by atoms with van der Waals surface area (Å²) >= 11 is 0. The highest BCUT2D eigenvalue weighted by Crippen LogP contribution is 2.41. The van der Waals surface area contributed by atoms with Crippen molar-refractivity contribution in [1.82, 2.24) is 0 Å². The van der Waals surface area contributed by atoms with Crippen LogP contribution in [-0.4, -0.2) is 70.8 Å². The summed E-state index contributed by atoms with van der Waals surface area (Å²) in [6.45, 7) is 4.57. The second-order valence-corrected chi connectivity index (χ2v) is 12.8. The van der Waals surface area contributed by atoms with E-state index < -0.39 is 13.4 Å². The van der Waals surface area contributed by atoms with Crippen LogP contribution in [0.1, 0.15) is 110 Å². The van der Waals surface area contributed by atoms with E-state index in [1.165, 1.54) is 83.5 Å². The number of hydrogen-bond acceptors (Lipinski definition) is 6. The molecule has 35 heavy (non-hydrogen) atoms. The molecule has 0 aliphatic carbocycles. The first-order valence-corrected chi connectivity index (χ1v) is 15.8. The molecule has 210 valence electrons. The van der Waals surface area contributed by atoms with Crippen LogP contribution >= 0.6 is 7.82 Å². The van der Waals surface area contributed by atoms with E-state index in [4.69, 9.17) is 18.5 Å². The monoisotopic (exact) mass is 521 g/mol. The highest BCUT2D eigenvalue weighted by Gasteiger charge is 2.37. The maximum atomic E-state index is 12.1. The molecule has 0 bridgehead atoms. The summed E-state index contributed by atoms with van der Waals surface area (Å²) in [5.41, 5.74) is -0.681. The fourth-order valence-corrected chi connectivity index (χ4v) is 5.11. The zero-order valence-corrected chi connectivity index (χ0v) is 24.3. The van der Waals surface area contributed by atoms with Crippen LogP contribution in [-0.2, 0) is 23.1 Å². The topological polar surface area (TPSA) is 77.1 Å². The van der Waals surface area contributed by atoms with Gasteiger partial charge in [-0.15, -0.1) is 0 Å². The Morgan fingerprint density at radius 2 is 1.34 bits per heavy atom. The Kier molecular flexibility index (Phi) is 18.0. The molecular weight excluding hydrogens is 465 g/mol. The van der Waals surface area contributed by atoms with Crippen molar-refractivity contribution in [2.24, 2.45) is 0 Å². The highest BCUT2D eigenvalue weighted by atomic mass is 31.2. The van der Waals surface area contributed by atoms with Crippen LogP contribution in [0.4, 0.5) is 0 Å². The Labute approximate surface area is 216 Å². The van der Waals surface area contributed by atoms with Gasteiger partial charge in [0.15, 0.2) is 0 Å². The van der Waals surface area contributed by atoms with Gasteiger partial charge in [0.25, 0.3) is 7.82 Å². The molecule has 0 saturated carbocycles. The third kappa shape index (κ3) is 18.8. The summed E-state index contributed by atoms with van der Waals surface area (Å²) in [5.74, 6) is 0. The first-order chi connectivity index (χ1) is 16.7. The molecule has 0 amide bonds. The summed E-state index contributed by atoms with van der Waals surface area (Å²) < 4.78 is 34.7. The molecular formula is C27H56NO6P. The average molecular weight is 522 g/mol. The predicted octanol–water partition coefficient (Wildman–Crippen LogP) is 6.24. The van der Waals surface area contributed by atoms with Crippen LogP contribution in [0.5, 0.6) is 0 Å². The van der Waals surface area contributed by atoms with Gasteiger partial charge in [-0.05, 0) is 19.3 Å². The molecule has 1 fully saturated rings. The van der Waals surface area contributed by atoms with Gasteiger partial charge in [-0.3, -0.25) is 4.57 Å². The average Bonchev–Trinajstić information content (AvgIpc) is 3.26. The molecule has 0 spiro atoms. The van der Waals surface area contributed by atoms with Gasteiger partial charge in [0.2, 0.25) is 0 Å². The van der Waals surface area contributed by atoms with Crippen molar-refractivity contribution in [2.75, 3.05) is 60.7 Å². The van der Waals surface area contributed by atoms with E-state index >= 15 is 0 Å². The van der Waals surface area contributed by atoms with Crippen LogP contribution in [0.15, 0.2) is 0 Å². The first-order valence-electron chi connectivity index (χ1n) is 14.3. The molecule has 1 aliphatic rings. The summed E-state index contributed by atoms with van der Waals surface area (Å²) in [4.78, 5) is 12.1. The van der Waals surface area contributed by atoms with Gasteiger partial charge in [-0.2, -0.15) is 0 Å². The standard InChI is InChI=1S/C27H56NO6P/c1-5-6-7-8-9-10-11-12-13-14-15-16-17-18-22-31-25-27(20-19-23-32-27)26-34-35(29,30)33-24-21-28(2,3)4/h5-26H2,1-4H3. The lowest BCUT2D eigenvalue weighted by Gasteiger charge is -2.32. The van der Waals surface area contributed by atoms with Gasteiger partial charge in [0.1, 0.15) is 18.8 Å². The summed E-state index contributed by atoms with van der Waals surface area (Å²) in [7, 11) is 1.60. The van der Waals surface area contributed by atoms with Gasteiger partial charge in [0, 0.05) is 13.2 Å². The van der Waals surface area contributed by atoms with E-state index in [-0.39, 0.29) is 13.2 Å². The Morgan fingerprint density at radius 1 is 0.800 bits per heavy atom. The number of rotatable bonds is 24. The van der Waals surface area contributed by atoms with Crippen LogP contribution < -0.4 is 4.89 Å². The van der Waals surface area contributed by atoms with Crippen molar-refractivity contribution in [2.45, 2.75) is 115 Å². The molecule has 7 nitrogen and oxygen atoms in total. The fraction of sp³-hybridized carbons (Fsp3) is 1.00. The number of unbranched alkanes of at least 4 members (excludes halogenated alkanes) is 13. The Morgan fingerprint density at radius 3 is 1.83 bits per heavy atom. The van der Waals surface area contributed by atoms with Crippen molar-refractivity contribution in [3.8, 4) is 0 Å². The van der Waals surface area contributed by atoms with Gasteiger partial charge in [-0.25, -0.2) is 0 Å². The molecule has 0 aromatic rings. The third-order valence-electron chi connectivity index (χ3n) is 6.69. The SMILES string of the molecule is CCCCCCCCCCCCCCCCOCC1(COP(=O)([O-])OCC[N+](C)(C)C)CCCO1. The second-order valence-electron chi connectivity index (χ2n) is 11.4. The smallest absolute Gasteiger partial charge is 0.268 e. The zero-order valence-electron chi connectivity index (χ0n) is 23.4. The van der Waals surface area contributed by atoms with Crippen molar-refractivity contribution >= 4 is 7.82 Å². The highest BCUT2D eigenvalue weighted by molar-refractivity contribution is 7.45. The number of hydrogen-bond donors (Lipinski definition) is 0. The molecule has 0 N–H and O–H groups in total. The van der Waals surface area contributed by atoms with Gasteiger partial charge in [0.05, 0.1) is 34.4 Å². The number of likely N-dealkylation sites (N-methyl/N-ethyl adjacent to an activating group) is 1. The molecule has 2 unspecified atom stereocenters. The summed E-state index contributed by atoms with van der Waals surface area (Å²) in [6.07, 6.45) is 20.3. The lowest BCUT2D eigenvalue weighted by Crippen LogP contribution is -2.40.